The van der Waals surface area contributed by atoms with Gasteiger partial charge in [-0.15, -0.1) is 0 Å². The Morgan fingerprint density at radius 3 is 2.62 bits per heavy atom. The smallest absolute Gasteiger partial charge is 0.425 e. The number of unbranched alkanes of at least 4 members (excludes halogenated alkanes) is 3. The summed E-state index contributed by atoms with van der Waals surface area (Å²) in [6, 6.07) is 0. The molecular formula is C9H18N2O2. The Balaban J connectivity index is 3.43. The lowest BCUT2D eigenvalue weighted by molar-refractivity contribution is 0.195. The SMILES string of the molecule is CCCCCCC(C)=NNC(=O)O. The van der Waals surface area contributed by atoms with E-state index in [-0.39, 0.29) is 0 Å². The van der Waals surface area contributed by atoms with E-state index in [1.165, 1.54) is 19.3 Å². The fourth-order valence-corrected chi connectivity index (χ4v) is 1.01. The van der Waals surface area contributed by atoms with Gasteiger partial charge in [0.2, 0.25) is 0 Å². The van der Waals surface area contributed by atoms with Gasteiger partial charge in [-0.25, -0.2) is 10.2 Å². The Labute approximate surface area is 79.0 Å². The minimum atomic E-state index is -1.10. The first-order valence-corrected chi connectivity index (χ1v) is 4.69. The highest BCUT2D eigenvalue weighted by Gasteiger charge is 1.94. The van der Waals surface area contributed by atoms with E-state index in [1.807, 2.05) is 12.3 Å². The maximum atomic E-state index is 10.1. The van der Waals surface area contributed by atoms with Crippen molar-refractivity contribution < 1.29 is 9.90 Å². The van der Waals surface area contributed by atoms with Crippen LogP contribution in [0.15, 0.2) is 5.10 Å². The zero-order chi connectivity index (χ0) is 10.1. The zero-order valence-electron chi connectivity index (χ0n) is 8.34. The van der Waals surface area contributed by atoms with Gasteiger partial charge in [-0.1, -0.05) is 26.2 Å². The van der Waals surface area contributed by atoms with Crippen molar-refractivity contribution in [2.24, 2.45) is 5.10 Å². The van der Waals surface area contributed by atoms with E-state index in [0.717, 1.165) is 18.6 Å². The molecule has 0 bridgehead atoms. The maximum absolute atomic E-state index is 10.1. The monoisotopic (exact) mass is 186 g/mol. The lowest BCUT2D eigenvalue weighted by Gasteiger charge is -1.99. The Morgan fingerprint density at radius 1 is 1.38 bits per heavy atom. The largest absolute Gasteiger partial charge is 0.464 e. The molecule has 0 saturated heterocycles. The number of rotatable bonds is 6. The molecular weight excluding hydrogens is 168 g/mol. The van der Waals surface area contributed by atoms with E-state index >= 15 is 0 Å². The van der Waals surface area contributed by atoms with E-state index in [0.29, 0.717) is 0 Å². The van der Waals surface area contributed by atoms with Gasteiger partial charge in [0.1, 0.15) is 0 Å². The summed E-state index contributed by atoms with van der Waals surface area (Å²) in [4.78, 5) is 10.1. The van der Waals surface area contributed by atoms with Gasteiger partial charge < -0.3 is 5.11 Å². The molecule has 4 nitrogen and oxygen atoms in total. The van der Waals surface area contributed by atoms with E-state index in [9.17, 15) is 4.79 Å². The Hall–Kier alpha value is -1.06. The average molecular weight is 186 g/mol. The lowest BCUT2D eigenvalue weighted by atomic mass is 10.1. The van der Waals surface area contributed by atoms with Crippen molar-refractivity contribution in [1.29, 1.82) is 0 Å². The van der Waals surface area contributed by atoms with Crippen LogP contribution in [0.4, 0.5) is 4.79 Å². The minimum Gasteiger partial charge on any atom is -0.464 e. The summed E-state index contributed by atoms with van der Waals surface area (Å²) in [5.41, 5.74) is 2.84. The Morgan fingerprint density at radius 2 is 2.08 bits per heavy atom. The van der Waals surface area contributed by atoms with Crippen molar-refractivity contribution in [2.75, 3.05) is 0 Å². The van der Waals surface area contributed by atoms with Crippen LogP contribution in [0.2, 0.25) is 0 Å². The van der Waals surface area contributed by atoms with Gasteiger partial charge in [0.15, 0.2) is 0 Å². The van der Waals surface area contributed by atoms with Crippen LogP contribution in [0.5, 0.6) is 0 Å². The van der Waals surface area contributed by atoms with Gasteiger partial charge >= 0.3 is 6.09 Å². The van der Waals surface area contributed by atoms with Crippen LogP contribution in [-0.4, -0.2) is 16.9 Å². The summed E-state index contributed by atoms with van der Waals surface area (Å²) < 4.78 is 0. The van der Waals surface area contributed by atoms with E-state index in [4.69, 9.17) is 5.11 Å². The van der Waals surface area contributed by atoms with Crippen LogP contribution in [0, 0.1) is 0 Å². The summed E-state index contributed by atoms with van der Waals surface area (Å²) in [6.07, 6.45) is 4.50. The molecule has 0 aromatic carbocycles. The van der Waals surface area contributed by atoms with Gasteiger partial charge in [-0.3, -0.25) is 0 Å². The molecule has 0 fully saturated rings. The second-order valence-corrected chi connectivity index (χ2v) is 3.07. The third kappa shape index (κ3) is 8.85. The highest BCUT2D eigenvalue weighted by atomic mass is 16.4. The average Bonchev–Trinajstić information content (AvgIpc) is 2.09. The van der Waals surface area contributed by atoms with Gasteiger partial charge in [0, 0.05) is 5.71 Å². The predicted molar refractivity (Wildman–Crippen MR) is 53.0 cm³/mol. The van der Waals surface area contributed by atoms with Crippen LogP contribution in [0.1, 0.15) is 46.0 Å². The summed E-state index contributed by atoms with van der Waals surface area (Å²) >= 11 is 0. The van der Waals surface area contributed by atoms with Crippen molar-refractivity contribution in [3.63, 3.8) is 0 Å². The van der Waals surface area contributed by atoms with E-state index in [1.54, 1.807) is 0 Å². The third-order valence-electron chi connectivity index (χ3n) is 1.73. The van der Waals surface area contributed by atoms with Crippen molar-refractivity contribution >= 4 is 11.8 Å². The second-order valence-electron chi connectivity index (χ2n) is 3.07. The third-order valence-corrected chi connectivity index (χ3v) is 1.73. The van der Waals surface area contributed by atoms with Crippen LogP contribution in [0.25, 0.3) is 0 Å². The number of nitrogens with one attached hydrogen (secondary N) is 1. The highest BCUT2D eigenvalue weighted by molar-refractivity contribution is 5.82. The number of hydrogen-bond acceptors (Lipinski definition) is 2. The molecule has 0 aromatic heterocycles. The number of amides is 1. The predicted octanol–water partition coefficient (Wildman–Crippen LogP) is 2.60. The minimum absolute atomic E-state index is 0.846. The van der Waals surface area contributed by atoms with Crippen LogP contribution < -0.4 is 5.43 Å². The fourth-order valence-electron chi connectivity index (χ4n) is 1.01. The molecule has 0 aromatic rings. The summed E-state index contributed by atoms with van der Waals surface area (Å²) in [5, 5.41) is 11.9. The summed E-state index contributed by atoms with van der Waals surface area (Å²) in [6.45, 7) is 3.99. The first-order valence-electron chi connectivity index (χ1n) is 4.69. The quantitative estimate of drug-likeness (QED) is 0.380. The molecule has 0 spiro atoms. The Bertz CT molecular complexity index is 178. The normalized spacial score (nSPS) is 11.4. The highest BCUT2D eigenvalue weighted by Crippen LogP contribution is 2.02. The molecule has 0 atom stereocenters. The molecule has 0 aliphatic heterocycles. The molecule has 0 rings (SSSR count). The van der Waals surface area contributed by atoms with Gasteiger partial charge in [-0.2, -0.15) is 5.10 Å². The van der Waals surface area contributed by atoms with Gasteiger partial charge in [0.25, 0.3) is 0 Å². The van der Waals surface area contributed by atoms with Gasteiger partial charge in [0.05, 0.1) is 0 Å². The molecule has 4 heteroatoms. The van der Waals surface area contributed by atoms with Crippen molar-refractivity contribution in [3.8, 4) is 0 Å². The molecule has 0 aliphatic rings. The van der Waals surface area contributed by atoms with Crippen molar-refractivity contribution in [2.45, 2.75) is 46.0 Å². The fraction of sp³-hybridized carbons (Fsp3) is 0.778. The first-order chi connectivity index (χ1) is 6.16. The molecule has 1 amide bonds. The Kier molecular flexibility index (Phi) is 6.96. The first kappa shape index (κ1) is 11.9. The standard InChI is InChI=1S/C9H18N2O2/c1-3-4-5-6-7-8(2)10-11-9(12)13/h11H,3-7H2,1-2H3,(H,12,13). The van der Waals surface area contributed by atoms with Crippen LogP contribution >= 0.6 is 0 Å². The van der Waals surface area contributed by atoms with Gasteiger partial charge in [-0.05, 0) is 19.8 Å². The molecule has 0 saturated carbocycles. The van der Waals surface area contributed by atoms with E-state index < -0.39 is 6.09 Å². The number of carboxylic acid groups (broad SMARTS) is 1. The molecule has 13 heavy (non-hydrogen) atoms. The number of hydrogen-bond donors (Lipinski definition) is 2. The number of carbonyl (C=O) groups is 1. The number of nitrogens with zero attached hydrogens (tertiary/aromatic N) is 1. The molecule has 0 aliphatic carbocycles. The topological polar surface area (TPSA) is 61.7 Å². The van der Waals surface area contributed by atoms with Crippen molar-refractivity contribution in [1.82, 2.24) is 5.43 Å². The molecule has 2 N–H and O–H groups in total. The lowest BCUT2D eigenvalue weighted by Crippen LogP contribution is -2.15. The molecule has 0 radical (unpaired) electrons. The van der Waals surface area contributed by atoms with Crippen molar-refractivity contribution in [3.05, 3.63) is 0 Å². The maximum Gasteiger partial charge on any atom is 0.425 e. The molecule has 0 unspecified atom stereocenters. The summed E-state index contributed by atoms with van der Waals surface area (Å²) in [5.74, 6) is 0. The molecule has 76 valence electrons. The van der Waals surface area contributed by atoms with E-state index in [2.05, 4.69) is 12.0 Å². The van der Waals surface area contributed by atoms with Crippen LogP contribution in [-0.2, 0) is 0 Å². The van der Waals surface area contributed by atoms with Crippen LogP contribution in [0.3, 0.4) is 0 Å². The number of hydrazone groups is 1. The molecule has 0 heterocycles. The zero-order valence-corrected chi connectivity index (χ0v) is 8.34. The second kappa shape index (κ2) is 7.58. The summed E-state index contributed by atoms with van der Waals surface area (Å²) in [7, 11) is 0.